The van der Waals surface area contributed by atoms with Gasteiger partial charge in [0, 0.05) is 20.1 Å². The van der Waals surface area contributed by atoms with Gasteiger partial charge in [-0.2, -0.15) is 5.10 Å². The van der Waals surface area contributed by atoms with Crippen LogP contribution < -0.4 is 4.90 Å². The monoisotopic (exact) mass is 289 g/mol. The van der Waals surface area contributed by atoms with Crippen LogP contribution in [0.4, 0.5) is 5.82 Å². The number of rotatable bonds is 3. The van der Waals surface area contributed by atoms with Crippen molar-refractivity contribution in [2.24, 2.45) is 13.0 Å². The molecule has 3 heterocycles. The molecule has 7 heteroatoms. The number of hydrogen-bond acceptors (Lipinski definition) is 6. The SMILES string of the molecule is CCOC(=O)C1CCN(c2ncnc3c2cnn3C)CC1. The van der Waals surface area contributed by atoms with Gasteiger partial charge in [-0.1, -0.05) is 0 Å². The Morgan fingerprint density at radius 3 is 2.86 bits per heavy atom. The number of carbonyl (C=O) groups is 1. The first-order valence-electron chi connectivity index (χ1n) is 7.25. The van der Waals surface area contributed by atoms with E-state index in [0.717, 1.165) is 42.8 Å². The molecule has 1 saturated heterocycles. The molecule has 0 spiro atoms. The number of carbonyl (C=O) groups excluding carboxylic acids is 1. The van der Waals surface area contributed by atoms with Crippen LogP contribution in [0.25, 0.3) is 11.0 Å². The molecule has 2 aromatic heterocycles. The van der Waals surface area contributed by atoms with E-state index in [1.54, 1.807) is 17.2 Å². The number of esters is 1. The third-order valence-electron chi connectivity index (χ3n) is 3.92. The highest BCUT2D eigenvalue weighted by Gasteiger charge is 2.27. The van der Waals surface area contributed by atoms with E-state index >= 15 is 0 Å². The molecule has 0 aliphatic carbocycles. The summed E-state index contributed by atoms with van der Waals surface area (Å²) in [6, 6.07) is 0. The lowest BCUT2D eigenvalue weighted by Gasteiger charge is -2.31. The second-order valence-electron chi connectivity index (χ2n) is 5.22. The summed E-state index contributed by atoms with van der Waals surface area (Å²) in [7, 11) is 1.87. The molecule has 0 aromatic carbocycles. The molecule has 1 aliphatic rings. The fourth-order valence-electron chi connectivity index (χ4n) is 2.79. The predicted molar refractivity (Wildman–Crippen MR) is 77.9 cm³/mol. The highest BCUT2D eigenvalue weighted by atomic mass is 16.5. The third-order valence-corrected chi connectivity index (χ3v) is 3.92. The van der Waals surface area contributed by atoms with E-state index in [0.29, 0.717) is 6.61 Å². The molecule has 3 rings (SSSR count). The molecule has 0 saturated carbocycles. The Balaban J connectivity index is 1.75. The third kappa shape index (κ3) is 2.55. The smallest absolute Gasteiger partial charge is 0.309 e. The quantitative estimate of drug-likeness (QED) is 0.789. The lowest BCUT2D eigenvalue weighted by atomic mass is 9.97. The molecular formula is C14H19N5O2. The summed E-state index contributed by atoms with van der Waals surface area (Å²) < 4.78 is 6.84. The van der Waals surface area contributed by atoms with Gasteiger partial charge >= 0.3 is 5.97 Å². The Hall–Kier alpha value is -2.18. The Bertz CT molecular complexity index is 646. The van der Waals surface area contributed by atoms with Crippen molar-refractivity contribution in [2.45, 2.75) is 19.8 Å². The van der Waals surface area contributed by atoms with E-state index in [2.05, 4.69) is 20.0 Å². The van der Waals surface area contributed by atoms with Gasteiger partial charge in [-0.05, 0) is 19.8 Å². The Kier molecular flexibility index (Phi) is 3.72. The molecule has 1 fully saturated rings. The zero-order valence-electron chi connectivity index (χ0n) is 12.3. The highest BCUT2D eigenvalue weighted by molar-refractivity contribution is 5.86. The van der Waals surface area contributed by atoms with Crippen molar-refractivity contribution in [2.75, 3.05) is 24.6 Å². The molecule has 0 N–H and O–H groups in total. The minimum Gasteiger partial charge on any atom is -0.466 e. The zero-order valence-corrected chi connectivity index (χ0v) is 12.3. The van der Waals surface area contributed by atoms with Gasteiger partial charge in [0.25, 0.3) is 0 Å². The van der Waals surface area contributed by atoms with E-state index in [1.165, 1.54) is 0 Å². The molecule has 0 atom stereocenters. The topological polar surface area (TPSA) is 73.1 Å². The van der Waals surface area contributed by atoms with Crippen molar-refractivity contribution in [1.82, 2.24) is 19.7 Å². The van der Waals surface area contributed by atoms with Gasteiger partial charge in [0.1, 0.15) is 12.1 Å². The molecule has 2 aromatic rings. The molecule has 0 amide bonds. The number of hydrogen-bond donors (Lipinski definition) is 0. The molecule has 7 nitrogen and oxygen atoms in total. The Labute approximate surface area is 122 Å². The van der Waals surface area contributed by atoms with Crippen LogP contribution in [0, 0.1) is 5.92 Å². The summed E-state index contributed by atoms with van der Waals surface area (Å²) in [5, 5.41) is 5.19. The van der Waals surface area contributed by atoms with Crippen LogP contribution in [-0.4, -0.2) is 45.4 Å². The average molecular weight is 289 g/mol. The second-order valence-corrected chi connectivity index (χ2v) is 5.22. The second kappa shape index (κ2) is 5.67. The van der Waals surface area contributed by atoms with Crippen molar-refractivity contribution >= 4 is 22.8 Å². The zero-order chi connectivity index (χ0) is 14.8. The van der Waals surface area contributed by atoms with Crippen LogP contribution in [-0.2, 0) is 16.6 Å². The van der Waals surface area contributed by atoms with Crippen molar-refractivity contribution in [3.05, 3.63) is 12.5 Å². The molecule has 1 aliphatic heterocycles. The minimum atomic E-state index is -0.0774. The van der Waals surface area contributed by atoms with Crippen LogP contribution in [0.5, 0.6) is 0 Å². The number of piperidine rings is 1. The van der Waals surface area contributed by atoms with Gasteiger partial charge in [-0.25, -0.2) is 9.97 Å². The van der Waals surface area contributed by atoms with Gasteiger partial charge in [0.15, 0.2) is 5.65 Å². The first kappa shape index (κ1) is 13.8. The number of nitrogens with zero attached hydrogens (tertiary/aromatic N) is 5. The van der Waals surface area contributed by atoms with Gasteiger partial charge in [0.05, 0.1) is 24.1 Å². The summed E-state index contributed by atoms with van der Waals surface area (Å²) in [6.07, 6.45) is 4.95. The lowest BCUT2D eigenvalue weighted by molar-refractivity contribution is -0.148. The molecule has 0 unspecified atom stereocenters. The summed E-state index contributed by atoms with van der Waals surface area (Å²) in [5.74, 6) is 0.828. The first-order valence-corrected chi connectivity index (χ1v) is 7.25. The summed E-state index contributed by atoms with van der Waals surface area (Å²) in [6.45, 7) is 3.88. The van der Waals surface area contributed by atoms with Crippen LogP contribution in [0.15, 0.2) is 12.5 Å². The first-order chi connectivity index (χ1) is 10.2. The van der Waals surface area contributed by atoms with Crippen LogP contribution in [0.2, 0.25) is 0 Å². The van der Waals surface area contributed by atoms with Crippen molar-refractivity contribution in [1.29, 1.82) is 0 Å². The van der Waals surface area contributed by atoms with Crippen LogP contribution in [0.1, 0.15) is 19.8 Å². The number of ether oxygens (including phenoxy) is 1. The molecule has 112 valence electrons. The Morgan fingerprint density at radius 2 is 2.14 bits per heavy atom. The molecular weight excluding hydrogens is 270 g/mol. The maximum Gasteiger partial charge on any atom is 0.309 e. The van der Waals surface area contributed by atoms with Gasteiger partial charge < -0.3 is 9.64 Å². The van der Waals surface area contributed by atoms with E-state index in [9.17, 15) is 4.79 Å². The molecule has 21 heavy (non-hydrogen) atoms. The summed E-state index contributed by atoms with van der Waals surface area (Å²) in [5.41, 5.74) is 0.826. The number of aryl methyl sites for hydroxylation is 1. The number of anilines is 1. The molecule has 0 radical (unpaired) electrons. The maximum absolute atomic E-state index is 11.8. The van der Waals surface area contributed by atoms with E-state index in [-0.39, 0.29) is 11.9 Å². The number of aromatic nitrogens is 4. The van der Waals surface area contributed by atoms with Crippen LogP contribution in [0.3, 0.4) is 0 Å². The predicted octanol–water partition coefficient (Wildman–Crippen LogP) is 1.14. The highest BCUT2D eigenvalue weighted by Crippen LogP contribution is 2.27. The number of fused-ring (bicyclic) bond motifs is 1. The molecule has 0 bridgehead atoms. The van der Waals surface area contributed by atoms with E-state index < -0.39 is 0 Å². The summed E-state index contributed by atoms with van der Waals surface area (Å²) >= 11 is 0. The standard InChI is InChI=1S/C14H19N5O2/c1-3-21-14(20)10-4-6-19(7-5-10)13-11-8-17-18(2)12(11)15-9-16-13/h8-10H,3-7H2,1-2H3. The fourth-order valence-corrected chi connectivity index (χ4v) is 2.79. The summed E-state index contributed by atoms with van der Waals surface area (Å²) in [4.78, 5) is 22.6. The average Bonchev–Trinajstić information content (AvgIpc) is 2.89. The van der Waals surface area contributed by atoms with Crippen molar-refractivity contribution < 1.29 is 9.53 Å². The van der Waals surface area contributed by atoms with Crippen molar-refractivity contribution in [3.8, 4) is 0 Å². The van der Waals surface area contributed by atoms with Gasteiger partial charge in [-0.15, -0.1) is 0 Å². The Morgan fingerprint density at radius 1 is 1.38 bits per heavy atom. The van der Waals surface area contributed by atoms with E-state index in [1.807, 2.05) is 14.0 Å². The van der Waals surface area contributed by atoms with Crippen LogP contribution >= 0.6 is 0 Å². The lowest BCUT2D eigenvalue weighted by Crippen LogP contribution is -2.37. The van der Waals surface area contributed by atoms with E-state index in [4.69, 9.17) is 4.74 Å². The fraction of sp³-hybridized carbons (Fsp3) is 0.571. The maximum atomic E-state index is 11.8. The largest absolute Gasteiger partial charge is 0.466 e. The van der Waals surface area contributed by atoms with Gasteiger partial charge in [-0.3, -0.25) is 9.48 Å². The normalized spacial score (nSPS) is 16.4. The minimum absolute atomic E-state index is 0.00688. The van der Waals surface area contributed by atoms with Gasteiger partial charge in [0.2, 0.25) is 0 Å². The van der Waals surface area contributed by atoms with Crippen molar-refractivity contribution in [3.63, 3.8) is 0 Å².